The number of likely N-dealkylation sites (tertiary alicyclic amines) is 1. The molecule has 2 aliphatic heterocycles. The van der Waals surface area contributed by atoms with Gasteiger partial charge >= 0.3 is 0 Å². The summed E-state index contributed by atoms with van der Waals surface area (Å²) in [5.41, 5.74) is 2.40. The lowest BCUT2D eigenvalue weighted by molar-refractivity contribution is 0.00841. The Morgan fingerprint density at radius 1 is 1.17 bits per heavy atom. The maximum atomic E-state index is 12.6. The predicted molar refractivity (Wildman–Crippen MR) is 90.8 cm³/mol. The molecule has 0 bridgehead atoms. The summed E-state index contributed by atoms with van der Waals surface area (Å²) in [7, 11) is 0. The molecule has 3 heterocycles. The van der Waals surface area contributed by atoms with E-state index in [4.69, 9.17) is 0 Å². The summed E-state index contributed by atoms with van der Waals surface area (Å²) in [6.07, 6.45) is 0. The van der Waals surface area contributed by atoms with Crippen molar-refractivity contribution in [2.24, 2.45) is 0 Å². The summed E-state index contributed by atoms with van der Waals surface area (Å²) in [5.74, 6) is 0.114. The fourth-order valence-corrected chi connectivity index (χ4v) is 3.91. The number of piperazine rings is 1. The Kier molecular flexibility index (Phi) is 4.00. The quantitative estimate of drug-likeness (QED) is 0.845. The summed E-state index contributed by atoms with van der Waals surface area (Å²) < 4.78 is 8.39. The van der Waals surface area contributed by atoms with Crippen LogP contribution in [0.4, 0.5) is 0 Å². The third-order valence-electron chi connectivity index (χ3n) is 5.02. The lowest BCUT2D eigenvalue weighted by Crippen LogP contribution is -2.64. The molecule has 2 aliphatic rings. The average Bonchev–Trinajstić information content (AvgIpc) is 3.01. The van der Waals surface area contributed by atoms with Crippen molar-refractivity contribution >= 4 is 28.7 Å². The SMILES string of the molecule is CCN1CCN(C2CN(C(=O)c3ccc4nsnc4c3)C2)CC1. The highest BCUT2D eigenvalue weighted by Gasteiger charge is 2.36. The molecule has 0 unspecified atom stereocenters. The topological polar surface area (TPSA) is 52.6 Å². The molecule has 0 N–H and O–H groups in total. The first-order valence-electron chi connectivity index (χ1n) is 8.22. The van der Waals surface area contributed by atoms with Crippen LogP contribution in [0.1, 0.15) is 17.3 Å². The number of carbonyl (C=O) groups is 1. The number of hydrogen-bond acceptors (Lipinski definition) is 6. The molecule has 0 spiro atoms. The lowest BCUT2D eigenvalue weighted by Gasteiger charge is -2.48. The van der Waals surface area contributed by atoms with E-state index in [1.807, 2.05) is 23.1 Å². The monoisotopic (exact) mass is 331 g/mol. The maximum Gasteiger partial charge on any atom is 0.254 e. The molecule has 2 aromatic rings. The number of nitrogens with zero attached hydrogens (tertiary/aromatic N) is 5. The number of aromatic nitrogens is 2. The highest BCUT2D eigenvalue weighted by Crippen LogP contribution is 2.21. The zero-order chi connectivity index (χ0) is 15.8. The van der Waals surface area contributed by atoms with Gasteiger partial charge in [0.15, 0.2) is 0 Å². The molecule has 0 radical (unpaired) electrons. The molecule has 6 nitrogen and oxygen atoms in total. The minimum atomic E-state index is 0.114. The predicted octanol–water partition coefficient (Wildman–Crippen LogP) is 1.15. The molecule has 2 fully saturated rings. The van der Waals surface area contributed by atoms with Crippen molar-refractivity contribution in [1.29, 1.82) is 0 Å². The van der Waals surface area contributed by atoms with Gasteiger partial charge in [-0.1, -0.05) is 6.92 Å². The van der Waals surface area contributed by atoms with E-state index >= 15 is 0 Å². The van der Waals surface area contributed by atoms with Gasteiger partial charge in [-0.3, -0.25) is 9.69 Å². The van der Waals surface area contributed by atoms with Crippen LogP contribution in [0.5, 0.6) is 0 Å². The van der Waals surface area contributed by atoms with Crippen molar-refractivity contribution in [3.63, 3.8) is 0 Å². The molecule has 23 heavy (non-hydrogen) atoms. The minimum absolute atomic E-state index is 0.114. The number of rotatable bonds is 3. The lowest BCUT2D eigenvalue weighted by atomic mass is 10.0. The Morgan fingerprint density at radius 3 is 2.65 bits per heavy atom. The van der Waals surface area contributed by atoms with Gasteiger partial charge in [0.2, 0.25) is 0 Å². The summed E-state index contributed by atoms with van der Waals surface area (Å²) >= 11 is 1.19. The number of fused-ring (bicyclic) bond motifs is 1. The van der Waals surface area contributed by atoms with Gasteiger partial charge in [0, 0.05) is 50.9 Å². The Labute approximate surface area is 140 Å². The first-order valence-corrected chi connectivity index (χ1v) is 8.95. The molecular weight excluding hydrogens is 310 g/mol. The van der Waals surface area contributed by atoms with E-state index < -0.39 is 0 Å². The van der Waals surface area contributed by atoms with Crippen molar-refractivity contribution < 1.29 is 4.79 Å². The van der Waals surface area contributed by atoms with E-state index in [0.717, 1.165) is 62.4 Å². The number of amides is 1. The van der Waals surface area contributed by atoms with Crippen molar-refractivity contribution in [1.82, 2.24) is 23.4 Å². The zero-order valence-corrected chi connectivity index (χ0v) is 14.1. The van der Waals surface area contributed by atoms with Crippen LogP contribution in [0.3, 0.4) is 0 Å². The van der Waals surface area contributed by atoms with Crippen LogP contribution in [0.15, 0.2) is 18.2 Å². The molecule has 7 heteroatoms. The van der Waals surface area contributed by atoms with Gasteiger partial charge in [-0.05, 0) is 24.7 Å². The molecule has 1 aromatic heterocycles. The molecule has 0 saturated carbocycles. The molecular formula is C16H21N5OS. The van der Waals surface area contributed by atoms with Gasteiger partial charge in [-0.15, -0.1) is 0 Å². The molecule has 1 aromatic carbocycles. The first-order chi connectivity index (χ1) is 11.2. The summed E-state index contributed by atoms with van der Waals surface area (Å²) in [6, 6.07) is 6.13. The minimum Gasteiger partial charge on any atom is -0.335 e. The second-order valence-electron chi connectivity index (χ2n) is 6.30. The smallest absolute Gasteiger partial charge is 0.254 e. The van der Waals surface area contributed by atoms with Crippen LogP contribution in [0, 0.1) is 0 Å². The van der Waals surface area contributed by atoms with Crippen LogP contribution < -0.4 is 0 Å². The van der Waals surface area contributed by atoms with E-state index in [1.54, 1.807) is 0 Å². The van der Waals surface area contributed by atoms with E-state index in [1.165, 1.54) is 11.7 Å². The number of hydrogen-bond donors (Lipinski definition) is 0. The van der Waals surface area contributed by atoms with Gasteiger partial charge < -0.3 is 9.80 Å². The number of likely N-dealkylation sites (N-methyl/N-ethyl adjacent to an activating group) is 1. The fourth-order valence-electron chi connectivity index (χ4n) is 3.39. The first kappa shape index (κ1) is 15.0. The summed E-state index contributed by atoms with van der Waals surface area (Å²) in [4.78, 5) is 19.5. The second kappa shape index (κ2) is 6.14. The van der Waals surface area contributed by atoms with E-state index in [2.05, 4.69) is 25.5 Å². The third kappa shape index (κ3) is 2.84. The average molecular weight is 331 g/mol. The standard InChI is InChI=1S/C16H21N5OS/c1-2-19-5-7-20(8-6-19)13-10-21(11-13)16(22)12-3-4-14-15(9-12)18-23-17-14/h3-4,9,13H,2,5-8,10-11H2,1H3. The molecule has 4 rings (SSSR count). The number of carbonyl (C=O) groups excluding carboxylic acids is 1. The van der Waals surface area contributed by atoms with Crippen molar-refractivity contribution in [2.45, 2.75) is 13.0 Å². The Morgan fingerprint density at radius 2 is 1.91 bits per heavy atom. The normalized spacial score (nSPS) is 20.8. The van der Waals surface area contributed by atoms with E-state index in [9.17, 15) is 4.79 Å². The van der Waals surface area contributed by atoms with Crippen LogP contribution in [0.2, 0.25) is 0 Å². The zero-order valence-electron chi connectivity index (χ0n) is 13.3. The molecule has 2 saturated heterocycles. The summed E-state index contributed by atoms with van der Waals surface area (Å²) in [6.45, 7) is 9.58. The van der Waals surface area contributed by atoms with E-state index in [0.29, 0.717) is 6.04 Å². The van der Waals surface area contributed by atoms with Crippen LogP contribution in [0.25, 0.3) is 11.0 Å². The Balaban J connectivity index is 1.35. The maximum absolute atomic E-state index is 12.6. The fraction of sp³-hybridized carbons (Fsp3) is 0.562. The van der Waals surface area contributed by atoms with Gasteiger partial charge in [0.1, 0.15) is 11.0 Å². The van der Waals surface area contributed by atoms with Crippen molar-refractivity contribution in [2.75, 3.05) is 45.8 Å². The van der Waals surface area contributed by atoms with Gasteiger partial charge in [-0.25, -0.2) is 0 Å². The largest absolute Gasteiger partial charge is 0.335 e. The Bertz CT molecular complexity index is 703. The van der Waals surface area contributed by atoms with Crippen molar-refractivity contribution in [3.05, 3.63) is 23.8 Å². The highest BCUT2D eigenvalue weighted by molar-refractivity contribution is 7.00. The van der Waals surface area contributed by atoms with Crippen LogP contribution in [-0.4, -0.2) is 81.2 Å². The van der Waals surface area contributed by atoms with Crippen LogP contribution in [-0.2, 0) is 0 Å². The molecule has 0 atom stereocenters. The second-order valence-corrected chi connectivity index (χ2v) is 6.83. The van der Waals surface area contributed by atoms with Gasteiger partial charge in [-0.2, -0.15) is 8.75 Å². The van der Waals surface area contributed by atoms with Gasteiger partial charge in [0.25, 0.3) is 5.91 Å². The molecule has 122 valence electrons. The highest BCUT2D eigenvalue weighted by atomic mass is 32.1. The third-order valence-corrected chi connectivity index (χ3v) is 5.58. The van der Waals surface area contributed by atoms with Crippen LogP contribution >= 0.6 is 11.7 Å². The van der Waals surface area contributed by atoms with E-state index in [-0.39, 0.29) is 5.91 Å². The van der Waals surface area contributed by atoms with Crippen molar-refractivity contribution in [3.8, 4) is 0 Å². The molecule has 1 amide bonds. The molecule has 0 aliphatic carbocycles. The number of benzene rings is 1. The van der Waals surface area contributed by atoms with Gasteiger partial charge in [0.05, 0.1) is 11.7 Å². The summed E-state index contributed by atoms with van der Waals surface area (Å²) in [5, 5.41) is 0. The Hall–Kier alpha value is -1.57.